The summed E-state index contributed by atoms with van der Waals surface area (Å²) >= 11 is 3.56. The molecule has 96 valence electrons. The Kier molecular flexibility index (Phi) is 4.49. The minimum atomic E-state index is 0.751. The number of aromatic nitrogens is 3. The normalized spacial score (nSPS) is 10.8. The van der Waals surface area contributed by atoms with E-state index in [0.29, 0.717) is 0 Å². The highest BCUT2D eigenvalue weighted by molar-refractivity contribution is 9.10. The third-order valence-corrected chi connectivity index (χ3v) is 3.65. The van der Waals surface area contributed by atoms with Crippen LogP contribution in [0, 0.1) is 0 Å². The van der Waals surface area contributed by atoms with E-state index in [0.717, 1.165) is 29.7 Å². The summed E-state index contributed by atoms with van der Waals surface area (Å²) in [5.41, 5.74) is 3.44. The van der Waals surface area contributed by atoms with Crippen LogP contribution in [0.3, 0.4) is 0 Å². The van der Waals surface area contributed by atoms with E-state index in [-0.39, 0.29) is 0 Å². The molecular formula is C13H17BrN4. The summed E-state index contributed by atoms with van der Waals surface area (Å²) in [6.07, 6.45) is 0.939. The Morgan fingerprint density at radius 1 is 1.33 bits per heavy atom. The van der Waals surface area contributed by atoms with Crippen molar-refractivity contribution in [1.82, 2.24) is 20.3 Å². The maximum Gasteiger partial charge on any atom is 0.0996 e. The van der Waals surface area contributed by atoms with Gasteiger partial charge in [-0.3, -0.25) is 0 Å². The fourth-order valence-electron chi connectivity index (χ4n) is 1.98. The Morgan fingerprint density at radius 2 is 2.11 bits per heavy atom. The minimum absolute atomic E-state index is 0.751. The molecule has 1 heterocycles. The third kappa shape index (κ3) is 2.79. The van der Waals surface area contributed by atoms with Crippen molar-refractivity contribution in [2.24, 2.45) is 0 Å². The molecule has 0 aliphatic rings. The second kappa shape index (κ2) is 6.11. The van der Waals surface area contributed by atoms with E-state index in [1.165, 1.54) is 11.3 Å². The van der Waals surface area contributed by atoms with Gasteiger partial charge in [-0.05, 0) is 25.1 Å². The zero-order valence-corrected chi connectivity index (χ0v) is 12.2. The van der Waals surface area contributed by atoms with Gasteiger partial charge in [0.2, 0.25) is 0 Å². The van der Waals surface area contributed by atoms with Gasteiger partial charge in [0.25, 0.3) is 0 Å². The van der Waals surface area contributed by atoms with Crippen LogP contribution < -0.4 is 5.32 Å². The first kappa shape index (κ1) is 13.2. The lowest BCUT2D eigenvalue weighted by molar-refractivity contribution is 0.620. The maximum atomic E-state index is 4.25. The number of hydrogen-bond acceptors (Lipinski definition) is 3. The zero-order chi connectivity index (χ0) is 13.0. The van der Waals surface area contributed by atoms with Gasteiger partial charge in [-0.1, -0.05) is 46.3 Å². The molecule has 0 saturated carbocycles. The van der Waals surface area contributed by atoms with Crippen molar-refractivity contribution < 1.29 is 0 Å². The van der Waals surface area contributed by atoms with Crippen LogP contribution in [0.4, 0.5) is 0 Å². The molecule has 0 aliphatic heterocycles. The summed E-state index contributed by atoms with van der Waals surface area (Å²) in [6.45, 7) is 3.65. The van der Waals surface area contributed by atoms with Crippen LogP contribution in [0.2, 0.25) is 0 Å². The van der Waals surface area contributed by atoms with Crippen molar-refractivity contribution in [1.29, 1.82) is 0 Å². The number of hydrogen-bond donors (Lipinski definition) is 1. The first-order chi connectivity index (χ1) is 8.76. The molecule has 2 rings (SSSR count). The molecule has 18 heavy (non-hydrogen) atoms. The summed E-state index contributed by atoms with van der Waals surface area (Å²) < 4.78 is 3.09. The first-order valence-corrected chi connectivity index (χ1v) is 6.84. The molecular weight excluding hydrogens is 292 g/mol. The quantitative estimate of drug-likeness (QED) is 0.922. The average Bonchev–Trinajstić information content (AvgIpc) is 2.75. The van der Waals surface area contributed by atoms with Gasteiger partial charge < -0.3 is 5.32 Å². The molecule has 5 heteroatoms. The van der Waals surface area contributed by atoms with Crippen LogP contribution in [0.1, 0.15) is 23.9 Å². The molecule has 0 spiro atoms. The van der Waals surface area contributed by atoms with Gasteiger partial charge in [0.05, 0.1) is 17.9 Å². The number of benzene rings is 1. The second-order valence-electron chi connectivity index (χ2n) is 4.12. The van der Waals surface area contributed by atoms with Crippen LogP contribution in [0.5, 0.6) is 0 Å². The fourth-order valence-corrected chi connectivity index (χ4v) is 2.39. The van der Waals surface area contributed by atoms with Gasteiger partial charge >= 0.3 is 0 Å². The highest BCUT2D eigenvalue weighted by Gasteiger charge is 2.11. The van der Waals surface area contributed by atoms with Crippen molar-refractivity contribution in [3.8, 4) is 0 Å². The average molecular weight is 309 g/mol. The van der Waals surface area contributed by atoms with Crippen LogP contribution in [0.25, 0.3) is 0 Å². The van der Waals surface area contributed by atoms with Crippen molar-refractivity contribution in [3.05, 3.63) is 45.7 Å². The van der Waals surface area contributed by atoms with Crippen molar-refractivity contribution in [2.45, 2.75) is 26.4 Å². The van der Waals surface area contributed by atoms with Gasteiger partial charge in [-0.15, -0.1) is 5.10 Å². The smallest absolute Gasteiger partial charge is 0.0996 e. The lowest BCUT2D eigenvalue weighted by Crippen LogP contribution is -2.10. The predicted octanol–water partition coefficient (Wildman–Crippen LogP) is 2.37. The highest BCUT2D eigenvalue weighted by Crippen LogP contribution is 2.18. The van der Waals surface area contributed by atoms with Gasteiger partial charge in [-0.2, -0.15) is 0 Å². The van der Waals surface area contributed by atoms with Crippen LogP contribution in [-0.4, -0.2) is 22.0 Å². The van der Waals surface area contributed by atoms with Gasteiger partial charge in [0.1, 0.15) is 0 Å². The molecule has 4 nitrogen and oxygen atoms in total. The Balaban J connectivity index is 2.27. The van der Waals surface area contributed by atoms with Crippen LogP contribution in [-0.2, 0) is 19.5 Å². The molecule has 0 radical (unpaired) electrons. The number of nitrogens with zero attached hydrogens (tertiary/aromatic N) is 3. The van der Waals surface area contributed by atoms with Crippen molar-refractivity contribution in [3.63, 3.8) is 0 Å². The summed E-state index contributed by atoms with van der Waals surface area (Å²) in [6, 6.07) is 8.20. The largest absolute Gasteiger partial charge is 0.314 e. The summed E-state index contributed by atoms with van der Waals surface area (Å²) in [7, 11) is 1.92. The second-order valence-corrected chi connectivity index (χ2v) is 4.97. The molecule has 0 saturated heterocycles. The standard InChI is InChI=1S/C13H17BrN4/c1-3-13-12(8-15-2)16-17-18(13)9-10-6-4-5-7-11(10)14/h4-7,15H,3,8-9H2,1-2H3. The molecule has 0 unspecified atom stereocenters. The zero-order valence-electron chi connectivity index (χ0n) is 10.7. The van der Waals surface area contributed by atoms with E-state index in [2.05, 4.69) is 44.5 Å². The Hall–Kier alpha value is -1.20. The predicted molar refractivity (Wildman–Crippen MR) is 75.4 cm³/mol. The summed E-state index contributed by atoms with van der Waals surface area (Å²) in [5.74, 6) is 0. The Labute approximate surface area is 116 Å². The van der Waals surface area contributed by atoms with E-state index in [1.807, 2.05) is 29.9 Å². The first-order valence-electron chi connectivity index (χ1n) is 6.05. The van der Waals surface area contributed by atoms with E-state index in [1.54, 1.807) is 0 Å². The summed E-state index contributed by atoms with van der Waals surface area (Å²) in [5, 5.41) is 11.6. The highest BCUT2D eigenvalue weighted by atomic mass is 79.9. The molecule has 0 amide bonds. The third-order valence-electron chi connectivity index (χ3n) is 2.88. The topological polar surface area (TPSA) is 42.7 Å². The number of rotatable bonds is 5. The Morgan fingerprint density at radius 3 is 2.78 bits per heavy atom. The van der Waals surface area contributed by atoms with E-state index in [4.69, 9.17) is 0 Å². The van der Waals surface area contributed by atoms with Crippen LogP contribution in [0.15, 0.2) is 28.7 Å². The fraction of sp³-hybridized carbons (Fsp3) is 0.385. The van der Waals surface area contributed by atoms with Crippen molar-refractivity contribution in [2.75, 3.05) is 7.05 Å². The Bertz CT molecular complexity index is 521. The SMILES string of the molecule is CCc1c(CNC)nnn1Cc1ccccc1Br. The maximum absolute atomic E-state index is 4.25. The van der Waals surface area contributed by atoms with Gasteiger partial charge in [0, 0.05) is 11.0 Å². The molecule has 2 aromatic rings. The van der Waals surface area contributed by atoms with E-state index in [9.17, 15) is 0 Å². The molecule has 0 fully saturated rings. The molecule has 0 bridgehead atoms. The number of halogens is 1. The molecule has 0 atom stereocenters. The molecule has 0 aliphatic carbocycles. The molecule has 1 aromatic carbocycles. The lowest BCUT2D eigenvalue weighted by Gasteiger charge is -2.07. The van der Waals surface area contributed by atoms with E-state index < -0.39 is 0 Å². The molecule has 1 N–H and O–H groups in total. The summed E-state index contributed by atoms with van der Waals surface area (Å²) in [4.78, 5) is 0. The van der Waals surface area contributed by atoms with Crippen LogP contribution >= 0.6 is 15.9 Å². The minimum Gasteiger partial charge on any atom is -0.314 e. The lowest BCUT2D eigenvalue weighted by atomic mass is 10.2. The number of nitrogens with one attached hydrogen (secondary N) is 1. The van der Waals surface area contributed by atoms with Gasteiger partial charge in [-0.25, -0.2) is 4.68 Å². The molecule has 1 aromatic heterocycles. The van der Waals surface area contributed by atoms with Gasteiger partial charge in [0.15, 0.2) is 0 Å². The monoisotopic (exact) mass is 308 g/mol. The van der Waals surface area contributed by atoms with Crippen molar-refractivity contribution >= 4 is 15.9 Å². The van der Waals surface area contributed by atoms with E-state index >= 15 is 0 Å².